The van der Waals surface area contributed by atoms with E-state index in [-0.39, 0.29) is 5.69 Å². The van der Waals surface area contributed by atoms with Crippen molar-refractivity contribution in [1.29, 1.82) is 0 Å². The van der Waals surface area contributed by atoms with Gasteiger partial charge in [-0.05, 0) is 30.3 Å². The molecule has 0 aliphatic rings. The Bertz CT molecular complexity index is 1230. The SMILES string of the molecule is CS(=O)(=O)c1cc(C(=O)Nc2cnccc2-c2ccccc2Cl)cc(C(F)(F)F)c1. The molecule has 30 heavy (non-hydrogen) atoms. The van der Waals surface area contributed by atoms with E-state index in [1.165, 1.54) is 12.4 Å². The summed E-state index contributed by atoms with van der Waals surface area (Å²) in [7, 11) is -3.98. The molecule has 156 valence electrons. The van der Waals surface area contributed by atoms with E-state index in [1.54, 1.807) is 30.3 Å². The number of aromatic nitrogens is 1. The highest BCUT2D eigenvalue weighted by Gasteiger charge is 2.33. The van der Waals surface area contributed by atoms with Crippen molar-refractivity contribution in [3.8, 4) is 11.1 Å². The summed E-state index contributed by atoms with van der Waals surface area (Å²) in [6.07, 6.45) is -1.27. The molecule has 1 aromatic heterocycles. The first-order chi connectivity index (χ1) is 14.0. The number of carbonyl (C=O) groups excluding carboxylic acids is 1. The molecule has 5 nitrogen and oxygen atoms in total. The first-order valence-corrected chi connectivity index (χ1v) is 10.7. The maximum Gasteiger partial charge on any atom is 0.416 e. The van der Waals surface area contributed by atoms with E-state index in [0.29, 0.717) is 28.3 Å². The van der Waals surface area contributed by atoms with Crippen molar-refractivity contribution in [2.24, 2.45) is 0 Å². The molecule has 0 fully saturated rings. The minimum Gasteiger partial charge on any atom is -0.320 e. The number of hydrogen-bond donors (Lipinski definition) is 1. The van der Waals surface area contributed by atoms with Gasteiger partial charge in [-0.1, -0.05) is 29.8 Å². The van der Waals surface area contributed by atoms with Gasteiger partial charge in [-0.15, -0.1) is 0 Å². The number of pyridine rings is 1. The topological polar surface area (TPSA) is 76.1 Å². The average Bonchev–Trinajstić information content (AvgIpc) is 2.67. The van der Waals surface area contributed by atoms with Crippen molar-refractivity contribution in [3.05, 3.63) is 77.1 Å². The zero-order valence-corrected chi connectivity index (χ0v) is 16.9. The third-order valence-corrected chi connectivity index (χ3v) is 5.58. The monoisotopic (exact) mass is 454 g/mol. The normalized spacial score (nSPS) is 11.9. The van der Waals surface area contributed by atoms with E-state index >= 15 is 0 Å². The Labute approximate surface area is 175 Å². The lowest BCUT2D eigenvalue weighted by Crippen LogP contribution is -2.16. The zero-order valence-electron chi connectivity index (χ0n) is 15.4. The second-order valence-corrected chi connectivity index (χ2v) is 8.79. The number of anilines is 1. The van der Waals surface area contributed by atoms with Crippen molar-refractivity contribution >= 4 is 33.0 Å². The summed E-state index contributed by atoms with van der Waals surface area (Å²) in [5.74, 6) is -0.924. The molecule has 2 aromatic carbocycles. The van der Waals surface area contributed by atoms with Crippen LogP contribution in [0.3, 0.4) is 0 Å². The minimum atomic E-state index is -4.83. The lowest BCUT2D eigenvalue weighted by Gasteiger charge is -2.14. The van der Waals surface area contributed by atoms with E-state index in [1.807, 2.05) is 0 Å². The third-order valence-electron chi connectivity index (χ3n) is 4.16. The van der Waals surface area contributed by atoms with Crippen LogP contribution in [0.25, 0.3) is 11.1 Å². The smallest absolute Gasteiger partial charge is 0.320 e. The zero-order chi connectivity index (χ0) is 22.1. The van der Waals surface area contributed by atoms with E-state index in [9.17, 15) is 26.4 Å². The van der Waals surface area contributed by atoms with Gasteiger partial charge >= 0.3 is 6.18 Å². The van der Waals surface area contributed by atoms with Crippen LogP contribution in [-0.2, 0) is 16.0 Å². The number of sulfone groups is 1. The quantitative estimate of drug-likeness (QED) is 0.596. The fourth-order valence-corrected chi connectivity index (χ4v) is 3.63. The molecular formula is C20H14ClF3N2O3S. The second kappa shape index (κ2) is 8.08. The lowest BCUT2D eigenvalue weighted by molar-refractivity contribution is -0.137. The van der Waals surface area contributed by atoms with Gasteiger partial charge in [-0.3, -0.25) is 9.78 Å². The summed E-state index contributed by atoms with van der Waals surface area (Å²) < 4.78 is 63.2. The summed E-state index contributed by atoms with van der Waals surface area (Å²) >= 11 is 6.20. The molecule has 0 saturated heterocycles. The number of nitrogens with zero attached hydrogens (tertiary/aromatic N) is 1. The van der Waals surface area contributed by atoms with Gasteiger partial charge in [-0.2, -0.15) is 13.2 Å². The number of halogens is 4. The first kappa shape index (κ1) is 21.8. The molecule has 0 radical (unpaired) electrons. The molecular weight excluding hydrogens is 441 g/mol. The van der Waals surface area contributed by atoms with E-state index in [0.717, 1.165) is 12.3 Å². The predicted octanol–water partition coefficient (Wildman–Crippen LogP) is 5.08. The number of carbonyl (C=O) groups is 1. The molecule has 1 heterocycles. The Morgan fingerprint density at radius 3 is 2.40 bits per heavy atom. The fourth-order valence-electron chi connectivity index (χ4n) is 2.71. The standard InChI is InChI=1S/C20H14ClF3N2O3S/c1-30(28,29)14-9-12(8-13(10-14)20(22,23)24)19(27)26-18-11-25-7-6-16(18)15-4-2-3-5-17(15)21/h2-11H,1H3,(H,26,27). The number of hydrogen-bond acceptors (Lipinski definition) is 4. The number of amides is 1. The molecule has 1 amide bonds. The molecule has 1 N–H and O–H groups in total. The molecule has 0 bridgehead atoms. The lowest BCUT2D eigenvalue weighted by atomic mass is 10.0. The van der Waals surface area contributed by atoms with Crippen molar-refractivity contribution in [1.82, 2.24) is 4.98 Å². The molecule has 0 atom stereocenters. The van der Waals surface area contributed by atoms with Crippen LogP contribution in [0.1, 0.15) is 15.9 Å². The third kappa shape index (κ3) is 4.80. The second-order valence-electron chi connectivity index (χ2n) is 6.37. The van der Waals surface area contributed by atoms with Gasteiger partial charge in [0.15, 0.2) is 9.84 Å². The van der Waals surface area contributed by atoms with Gasteiger partial charge in [-0.25, -0.2) is 8.42 Å². The van der Waals surface area contributed by atoms with Crippen molar-refractivity contribution < 1.29 is 26.4 Å². The molecule has 3 aromatic rings. The van der Waals surface area contributed by atoms with Gasteiger partial charge < -0.3 is 5.32 Å². The van der Waals surface area contributed by atoms with E-state index in [4.69, 9.17) is 11.6 Å². The van der Waals surface area contributed by atoms with Crippen LogP contribution in [-0.4, -0.2) is 25.6 Å². The van der Waals surface area contributed by atoms with Gasteiger partial charge in [0.2, 0.25) is 0 Å². The summed E-state index contributed by atoms with van der Waals surface area (Å²) in [5.41, 5.74) is -0.418. The van der Waals surface area contributed by atoms with Crippen LogP contribution in [0.4, 0.5) is 18.9 Å². The van der Waals surface area contributed by atoms with Crippen LogP contribution in [0.2, 0.25) is 5.02 Å². The summed E-state index contributed by atoms with van der Waals surface area (Å²) in [4.78, 5) is 16.0. The maximum absolute atomic E-state index is 13.2. The Balaban J connectivity index is 2.05. The van der Waals surface area contributed by atoms with Crippen molar-refractivity contribution in [2.45, 2.75) is 11.1 Å². The van der Waals surface area contributed by atoms with Gasteiger partial charge in [0, 0.05) is 34.2 Å². The van der Waals surface area contributed by atoms with Crippen LogP contribution < -0.4 is 5.32 Å². The molecule has 3 rings (SSSR count). The summed E-state index contributed by atoms with van der Waals surface area (Å²) in [6.45, 7) is 0. The largest absolute Gasteiger partial charge is 0.416 e. The number of alkyl halides is 3. The van der Waals surface area contributed by atoms with Crippen LogP contribution in [0, 0.1) is 0 Å². The predicted molar refractivity (Wildman–Crippen MR) is 107 cm³/mol. The van der Waals surface area contributed by atoms with Gasteiger partial charge in [0.25, 0.3) is 5.91 Å². The molecule has 0 spiro atoms. The first-order valence-electron chi connectivity index (χ1n) is 8.39. The molecule has 0 aliphatic carbocycles. The highest BCUT2D eigenvalue weighted by Crippen LogP contribution is 2.34. The molecule has 0 saturated carbocycles. The van der Waals surface area contributed by atoms with Crippen LogP contribution in [0.15, 0.2) is 65.8 Å². The van der Waals surface area contributed by atoms with Crippen LogP contribution >= 0.6 is 11.6 Å². The maximum atomic E-state index is 13.2. The Kier molecular flexibility index (Phi) is 5.87. The highest BCUT2D eigenvalue weighted by molar-refractivity contribution is 7.90. The van der Waals surface area contributed by atoms with E-state index < -0.39 is 37.9 Å². The molecule has 10 heteroatoms. The minimum absolute atomic E-state index is 0.203. The molecule has 0 aliphatic heterocycles. The van der Waals surface area contributed by atoms with Gasteiger partial charge in [0.05, 0.1) is 22.3 Å². The average molecular weight is 455 g/mol. The van der Waals surface area contributed by atoms with Crippen molar-refractivity contribution in [2.75, 3.05) is 11.6 Å². The number of rotatable bonds is 4. The van der Waals surface area contributed by atoms with Gasteiger partial charge in [0.1, 0.15) is 0 Å². The van der Waals surface area contributed by atoms with E-state index in [2.05, 4.69) is 10.3 Å². The Hall–Kier alpha value is -2.91. The fraction of sp³-hybridized carbons (Fsp3) is 0.100. The number of nitrogens with one attached hydrogen (secondary N) is 1. The van der Waals surface area contributed by atoms with Crippen LogP contribution in [0.5, 0.6) is 0 Å². The number of benzene rings is 2. The highest BCUT2D eigenvalue weighted by atomic mass is 35.5. The Morgan fingerprint density at radius 2 is 1.77 bits per heavy atom. The summed E-state index contributed by atoms with van der Waals surface area (Å²) in [6, 6.07) is 10.4. The summed E-state index contributed by atoms with van der Waals surface area (Å²) in [5, 5.41) is 2.89. The molecule has 0 unspecified atom stereocenters. The van der Waals surface area contributed by atoms with Crippen molar-refractivity contribution in [3.63, 3.8) is 0 Å². The Morgan fingerprint density at radius 1 is 1.07 bits per heavy atom.